The quantitative estimate of drug-likeness (QED) is 0.612. The highest BCUT2D eigenvalue weighted by Gasteiger charge is 2.09. The molecule has 0 saturated carbocycles. The van der Waals surface area contributed by atoms with E-state index < -0.39 is 22.6 Å². The van der Waals surface area contributed by atoms with Crippen molar-refractivity contribution in [2.45, 2.75) is 0 Å². The second-order valence-corrected chi connectivity index (χ2v) is 2.81. The van der Waals surface area contributed by atoms with Crippen LogP contribution in [0.5, 0.6) is 0 Å². The Hall–Kier alpha value is -1.42. The lowest BCUT2D eigenvalue weighted by Gasteiger charge is -2.00. The molecule has 0 atom stereocenters. The molecular formula is C9H5ClF2O2. The zero-order valence-electron chi connectivity index (χ0n) is 6.80. The molecule has 74 valence electrons. The van der Waals surface area contributed by atoms with Gasteiger partial charge in [-0.2, -0.15) is 0 Å². The largest absolute Gasteiger partial charge is 0.478 e. The highest BCUT2D eigenvalue weighted by molar-refractivity contribution is 6.32. The number of halogens is 3. The summed E-state index contributed by atoms with van der Waals surface area (Å²) in [4.78, 5) is 10.1. The first-order chi connectivity index (χ1) is 6.52. The van der Waals surface area contributed by atoms with Crippen LogP contribution in [0.3, 0.4) is 0 Å². The molecule has 2 nitrogen and oxygen atoms in total. The van der Waals surface area contributed by atoms with Gasteiger partial charge < -0.3 is 5.11 Å². The molecule has 0 bridgehead atoms. The van der Waals surface area contributed by atoms with Gasteiger partial charge in [-0.25, -0.2) is 13.6 Å². The average molecular weight is 219 g/mol. The summed E-state index contributed by atoms with van der Waals surface area (Å²) in [6.45, 7) is 0. The number of hydrogen-bond acceptors (Lipinski definition) is 1. The minimum Gasteiger partial charge on any atom is -0.478 e. The fraction of sp³-hybridized carbons (Fsp3) is 0. The number of carboxylic acids is 1. The lowest BCUT2D eigenvalue weighted by atomic mass is 10.2. The Morgan fingerprint density at radius 2 is 1.93 bits per heavy atom. The molecule has 1 aromatic carbocycles. The van der Waals surface area contributed by atoms with E-state index in [2.05, 4.69) is 0 Å². The van der Waals surface area contributed by atoms with Gasteiger partial charge in [0.2, 0.25) is 0 Å². The third-order valence-corrected chi connectivity index (χ3v) is 1.86. The van der Waals surface area contributed by atoms with Crippen molar-refractivity contribution in [3.05, 3.63) is 40.4 Å². The van der Waals surface area contributed by atoms with E-state index in [4.69, 9.17) is 16.7 Å². The molecule has 14 heavy (non-hydrogen) atoms. The van der Waals surface area contributed by atoms with E-state index in [0.717, 1.165) is 18.2 Å². The minimum absolute atomic E-state index is 0.269. The maximum absolute atomic E-state index is 13.0. The van der Waals surface area contributed by atoms with Crippen LogP contribution in [0.1, 0.15) is 5.56 Å². The predicted molar refractivity (Wildman–Crippen MR) is 48.0 cm³/mol. The van der Waals surface area contributed by atoms with Crippen LogP contribution in [0.2, 0.25) is 5.02 Å². The first-order valence-electron chi connectivity index (χ1n) is 3.57. The van der Waals surface area contributed by atoms with Crippen LogP contribution in [0.25, 0.3) is 6.08 Å². The summed E-state index contributed by atoms with van der Waals surface area (Å²) in [5.74, 6) is -2.82. The van der Waals surface area contributed by atoms with Gasteiger partial charge in [-0.15, -0.1) is 0 Å². The van der Waals surface area contributed by atoms with Crippen LogP contribution in [0.15, 0.2) is 18.2 Å². The molecule has 0 saturated heterocycles. The monoisotopic (exact) mass is 218 g/mol. The number of carboxylic acid groups (broad SMARTS) is 1. The zero-order chi connectivity index (χ0) is 10.7. The van der Waals surface area contributed by atoms with Gasteiger partial charge in [0.15, 0.2) is 0 Å². The summed E-state index contributed by atoms with van der Waals surface area (Å²) in [5, 5.41) is 7.85. The molecule has 0 aliphatic rings. The van der Waals surface area contributed by atoms with Crippen LogP contribution in [0, 0.1) is 11.6 Å². The first-order valence-corrected chi connectivity index (χ1v) is 3.94. The Balaban J connectivity index is 3.19. The van der Waals surface area contributed by atoms with Gasteiger partial charge in [0.25, 0.3) is 0 Å². The van der Waals surface area contributed by atoms with Crippen molar-refractivity contribution < 1.29 is 18.7 Å². The molecule has 0 heterocycles. The number of hydrogen-bond donors (Lipinski definition) is 1. The van der Waals surface area contributed by atoms with Crippen molar-refractivity contribution in [2.75, 3.05) is 0 Å². The molecular weight excluding hydrogens is 214 g/mol. The van der Waals surface area contributed by atoms with Crippen molar-refractivity contribution in [2.24, 2.45) is 0 Å². The highest BCUT2D eigenvalue weighted by Crippen LogP contribution is 2.23. The summed E-state index contributed by atoms with van der Waals surface area (Å²) >= 11 is 5.42. The van der Waals surface area contributed by atoms with Crippen molar-refractivity contribution >= 4 is 23.6 Å². The van der Waals surface area contributed by atoms with Crippen LogP contribution >= 0.6 is 11.6 Å². The van der Waals surface area contributed by atoms with E-state index in [1.807, 2.05) is 0 Å². The molecule has 0 aromatic heterocycles. The van der Waals surface area contributed by atoms with E-state index in [0.29, 0.717) is 6.08 Å². The highest BCUT2D eigenvalue weighted by atomic mass is 35.5. The molecule has 0 amide bonds. The van der Waals surface area contributed by atoms with E-state index in [9.17, 15) is 13.6 Å². The maximum Gasteiger partial charge on any atom is 0.328 e. The summed E-state index contributed by atoms with van der Waals surface area (Å²) in [6.07, 6.45) is 1.59. The van der Waals surface area contributed by atoms with Crippen LogP contribution in [0.4, 0.5) is 8.78 Å². The van der Waals surface area contributed by atoms with E-state index >= 15 is 0 Å². The van der Waals surface area contributed by atoms with E-state index in [1.165, 1.54) is 0 Å². The molecule has 1 N–H and O–H groups in total. The summed E-state index contributed by atoms with van der Waals surface area (Å²) in [7, 11) is 0. The molecule has 0 unspecified atom stereocenters. The number of aliphatic carboxylic acids is 1. The number of carbonyl (C=O) groups is 1. The van der Waals surface area contributed by atoms with Crippen LogP contribution in [-0.4, -0.2) is 11.1 Å². The first kappa shape index (κ1) is 10.7. The van der Waals surface area contributed by atoms with Gasteiger partial charge in [0.05, 0.1) is 5.02 Å². The topological polar surface area (TPSA) is 37.3 Å². The maximum atomic E-state index is 13.0. The Morgan fingerprint density at radius 1 is 1.36 bits per heavy atom. The van der Waals surface area contributed by atoms with Crippen LogP contribution < -0.4 is 0 Å². The summed E-state index contributed by atoms with van der Waals surface area (Å²) in [6, 6.07) is 1.75. The normalized spacial score (nSPS) is 10.8. The SMILES string of the molecule is O=C(O)/C=C\c1c(F)ccc(F)c1Cl. The Bertz CT molecular complexity index is 402. The summed E-state index contributed by atoms with van der Waals surface area (Å²) < 4.78 is 25.8. The molecule has 0 aliphatic heterocycles. The molecule has 1 rings (SSSR count). The van der Waals surface area contributed by atoms with Crippen molar-refractivity contribution in [1.29, 1.82) is 0 Å². The molecule has 1 aromatic rings. The molecule has 0 fully saturated rings. The van der Waals surface area contributed by atoms with Gasteiger partial charge in [0, 0.05) is 11.6 Å². The lowest BCUT2D eigenvalue weighted by molar-refractivity contribution is -0.131. The van der Waals surface area contributed by atoms with Crippen molar-refractivity contribution in [1.82, 2.24) is 0 Å². The molecule has 0 spiro atoms. The van der Waals surface area contributed by atoms with Gasteiger partial charge in [-0.05, 0) is 18.2 Å². The van der Waals surface area contributed by atoms with E-state index in [1.54, 1.807) is 0 Å². The Morgan fingerprint density at radius 3 is 2.50 bits per heavy atom. The summed E-state index contributed by atoms with van der Waals surface area (Å²) in [5.41, 5.74) is -0.269. The van der Waals surface area contributed by atoms with E-state index in [-0.39, 0.29) is 5.56 Å². The predicted octanol–water partition coefficient (Wildman–Crippen LogP) is 2.72. The van der Waals surface area contributed by atoms with Crippen LogP contribution in [-0.2, 0) is 4.79 Å². The average Bonchev–Trinajstić information content (AvgIpc) is 2.11. The van der Waals surface area contributed by atoms with Gasteiger partial charge in [0.1, 0.15) is 11.6 Å². The van der Waals surface area contributed by atoms with Crippen molar-refractivity contribution in [3.63, 3.8) is 0 Å². The van der Waals surface area contributed by atoms with Gasteiger partial charge in [-0.3, -0.25) is 0 Å². The molecule has 0 aliphatic carbocycles. The third kappa shape index (κ3) is 2.29. The Labute approximate surface area is 83.4 Å². The Kier molecular flexibility index (Phi) is 3.19. The fourth-order valence-corrected chi connectivity index (χ4v) is 1.07. The molecule has 0 radical (unpaired) electrons. The number of benzene rings is 1. The fourth-order valence-electron chi connectivity index (χ4n) is 0.850. The lowest BCUT2D eigenvalue weighted by Crippen LogP contribution is -1.90. The standard InChI is InChI=1S/C9H5ClF2O2/c10-9-5(1-4-8(13)14)6(11)2-3-7(9)12/h1-4H,(H,13,14)/b4-1-. The van der Waals surface area contributed by atoms with Crippen molar-refractivity contribution in [3.8, 4) is 0 Å². The van der Waals surface area contributed by atoms with Gasteiger partial charge in [-0.1, -0.05) is 11.6 Å². The minimum atomic E-state index is -1.26. The van der Waals surface area contributed by atoms with Gasteiger partial charge >= 0.3 is 5.97 Å². The zero-order valence-corrected chi connectivity index (χ0v) is 7.55. The smallest absolute Gasteiger partial charge is 0.328 e. The number of rotatable bonds is 2. The second-order valence-electron chi connectivity index (χ2n) is 2.43. The third-order valence-electron chi connectivity index (χ3n) is 1.47. The molecule has 5 heteroatoms. The second kappa shape index (κ2) is 4.19.